The molecule has 1 aromatic heterocycles. The number of nitrogens with two attached hydrogens (primary N) is 1. The Bertz CT molecular complexity index is 552. The van der Waals surface area contributed by atoms with Gasteiger partial charge in [0.1, 0.15) is 10.8 Å². The van der Waals surface area contributed by atoms with E-state index in [1.165, 1.54) is 6.07 Å². The molecule has 0 aliphatic carbocycles. The fourth-order valence-electron chi connectivity index (χ4n) is 1.77. The van der Waals surface area contributed by atoms with Crippen LogP contribution in [0.25, 0.3) is 0 Å². The zero-order chi connectivity index (χ0) is 13.8. The Morgan fingerprint density at radius 1 is 1.42 bits per heavy atom. The second kappa shape index (κ2) is 6.50. The summed E-state index contributed by atoms with van der Waals surface area (Å²) < 4.78 is 13.1. The molecule has 102 valence electrons. The number of halogens is 1. The molecule has 2 N–H and O–H groups in total. The number of rotatable bonds is 5. The summed E-state index contributed by atoms with van der Waals surface area (Å²) in [6.07, 6.45) is 0. The molecule has 5 heteroatoms. The Balaban J connectivity index is 2.07. The van der Waals surface area contributed by atoms with E-state index in [1.807, 2.05) is 6.07 Å². The van der Waals surface area contributed by atoms with Crippen LogP contribution in [0.15, 0.2) is 29.2 Å². The van der Waals surface area contributed by atoms with Crippen molar-refractivity contribution in [3.8, 4) is 0 Å². The summed E-state index contributed by atoms with van der Waals surface area (Å²) in [5, 5.41) is 1.05. The van der Waals surface area contributed by atoms with Crippen LogP contribution in [-0.4, -0.2) is 4.98 Å². The molecule has 0 bridgehead atoms. The normalized spacial score (nSPS) is 11.2. The van der Waals surface area contributed by atoms with Gasteiger partial charge in [0.25, 0.3) is 0 Å². The molecule has 0 unspecified atom stereocenters. The SMILES string of the molecule is CC(C)c1nc(CSc2cccc(F)c2)sc1CN. The lowest BCUT2D eigenvalue weighted by Crippen LogP contribution is -1.99. The van der Waals surface area contributed by atoms with Crippen molar-refractivity contribution in [2.45, 2.75) is 37.0 Å². The number of hydrogen-bond donors (Lipinski definition) is 1. The van der Waals surface area contributed by atoms with Crippen molar-refractivity contribution in [1.29, 1.82) is 0 Å². The van der Waals surface area contributed by atoms with Crippen molar-refractivity contribution in [3.05, 3.63) is 45.7 Å². The van der Waals surface area contributed by atoms with E-state index in [4.69, 9.17) is 5.73 Å². The molecule has 0 aliphatic rings. The van der Waals surface area contributed by atoms with Gasteiger partial charge in [-0.05, 0) is 24.1 Å². The van der Waals surface area contributed by atoms with E-state index in [0.717, 1.165) is 26.2 Å². The molecular formula is C14H17FN2S2. The van der Waals surface area contributed by atoms with Gasteiger partial charge in [-0.25, -0.2) is 9.37 Å². The third-order valence-electron chi connectivity index (χ3n) is 2.66. The third kappa shape index (κ3) is 3.78. The maximum Gasteiger partial charge on any atom is 0.124 e. The largest absolute Gasteiger partial charge is 0.326 e. The number of aromatic nitrogens is 1. The number of hydrogen-bond acceptors (Lipinski definition) is 4. The molecule has 1 aromatic carbocycles. The molecule has 19 heavy (non-hydrogen) atoms. The second-order valence-corrected chi connectivity index (χ2v) is 6.74. The molecule has 0 fully saturated rings. The summed E-state index contributed by atoms with van der Waals surface area (Å²) in [6.45, 7) is 4.78. The highest BCUT2D eigenvalue weighted by molar-refractivity contribution is 7.98. The van der Waals surface area contributed by atoms with Gasteiger partial charge >= 0.3 is 0 Å². The second-order valence-electron chi connectivity index (χ2n) is 4.52. The molecule has 0 aliphatic heterocycles. The van der Waals surface area contributed by atoms with Crippen molar-refractivity contribution in [1.82, 2.24) is 4.98 Å². The molecule has 0 spiro atoms. The summed E-state index contributed by atoms with van der Waals surface area (Å²) in [6, 6.07) is 6.64. The van der Waals surface area contributed by atoms with Crippen LogP contribution in [0.2, 0.25) is 0 Å². The summed E-state index contributed by atoms with van der Waals surface area (Å²) in [5.74, 6) is 0.950. The zero-order valence-corrected chi connectivity index (χ0v) is 12.7. The van der Waals surface area contributed by atoms with Gasteiger partial charge in [-0.15, -0.1) is 23.1 Å². The Morgan fingerprint density at radius 3 is 2.79 bits per heavy atom. The van der Waals surface area contributed by atoms with Gasteiger partial charge in [-0.3, -0.25) is 0 Å². The van der Waals surface area contributed by atoms with E-state index in [-0.39, 0.29) is 5.82 Å². The number of thioether (sulfide) groups is 1. The molecular weight excluding hydrogens is 279 g/mol. The van der Waals surface area contributed by atoms with E-state index in [9.17, 15) is 4.39 Å². The topological polar surface area (TPSA) is 38.9 Å². The molecule has 1 heterocycles. The van der Waals surface area contributed by atoms with Crippen molar-refractivity contribution >= 4 is 23.1 Å². The van der Waals surface area contributed by atoms with Crippen LogP contribution in [0.3, 0.4) is 0 Å². The van der Waals surface area contributed by atoms with Crippen molar-refractivity contribution in [3.63, 3.8) is 0 Å². The first-order chi connectivity index (χ1) is 9.10. The minimum absolute atomic E-state index is 0.199. The Hall–Kier alpha value is -0.910. The smallest absolute Gasteiger partial charge is 0.124 e. The van der Waals surface area contributed by atoms with Crippen molar-refractivity contribution < 1.29 is 4.39 Å². The maximum absolute atomic E-state index is 13.1. The molecule has 0 atom stereocenters. The molecule has 2 rings (SSSR count). The predicted octanol–water partition coefficient (Wildman–Crippen LogP) is 4.16. The van der Waals surface area contributed by atoms with Crippen LogP contribution >= 0.6 is 23.1 Å². The van der Waals surface area contributed by atoms with Crippen molar-refractivity contribution in [2.75, 3.05) is 0 Å². The average Bonchev–Trinajstić information content (AvgIpc) is 2.80. The molecule has 0 saturated carbocycles. The quantitative estimate of drug-likeness (QED) is 0.842. The lowest BCUT2D eigenvalue weighted by Gasteiger charge is -2.01. The predicted molar refractivity (Wildman–Crippen MR) is 80.1 cm³/mol. The first kappa shape index (κ1) is 14.5. The van der Waals surface area contributed by atoms with Crippen LogP contribution in [0.1, 0.15) is 35.3 Å². The van der Waals surface area contributed by atoms with E-state index in [2.05, 4.69) is 18.8 Å². The van der Waals surface area contributed by atoms with Gasteiger partial charge in [0, 0.05) is 16.3 Å². The molecule has 2 aromatic rings. The van der Waals surface area contributed by atoms with E-state index >= 15 is 0 Å². The van der Waals surface area contributed by atoms with Crippen LogP contribution < -0.4 is 5.73 Å². The van der Waals surface area contributed by atoms with Crippen LogP contribution in [0, 0.1) is 5.82 Å². The van der Waals surface area contributed by atoms with Crippen LogP contribution in [-0.2, 0) is 12.3 Å². The Kier molecular flexibility index (Phi) is 4.96. The summed E-state index contributed by atoms with van der Waals surface area (Å²) in [7, 11) is 0. The van der Waals surface area contributed by atoms with Crippen LogP contribution in [0.4, 0.5) is 4.39 Å². The Morgan fingerprint density at radius 2 is 2.21 bits per heavy atom. The van der Waals surface area contributed by atoms with Gasteiger partial charge in [0.2, 0.25) is 0 Å². The number of benzene rings is 1. The minimum atomic E-state index is -0.199. The van der Waals surface area contributed by atoms with Gasteiger partial charge < -0.3 is 5.73 Å². The lowest BCUT2D eigenvalue weighted by molar-refractivity contribution is 0.624. The van der Waals surface area contributed by atoms with E-state index < -0.39 is 0 Å². The first-order valence-corrected chi connectivity index (χ1v) is 7.97. The summed E-state index contributed by atoms with van der Waals surface area (Å²) >= 11 is 3.26. The molecule has 0 amide bonds. The van der Waals surface area contributed by atoms with Gasteiger partial charge in [-0.2, -0.15) is 0 Å². The van der Waals surface area contributed by atoms with Gasteiger partial charge in [-0.1, -0.05) is 19.9 Å². The summed E-state index contributed by atoms with van der Waals surface area (Å²) in [5.41, 5.74) is 6.84. The average molecular weight is 296 g/mol. The standard InChI is InChI=1S/C14H17FN2S2/c1-9(2)14-12(7-16)19-13(17-14)8-18-11-5-3-4-10(15)6-11/h3-6,9H,7-8,16H2,1-2H3. The van der Waals surface area contributed by atoms with E-state index in [1.54, 1.807) is 35.2 Å². The van der Waals surface area contributed by atoms with Gasteiger partial charge in [0.05, 0.1) is 11.4 Å². The zero-order valence-electron chi connectivity index (χ0n) is 11.0. The molecule has 0 saturated heterocycles. The fourth-order valence-corrected chi connectivity index (χ4v) is 3.81. The Labute approximate surface area is 121 Å². The maximum atomic E-state index is 13.1. The number of nitrogens with zero attached hydrogens (tertiary/aromatic N) is 1. The molecule has 0 radical (unpaired) electrons. The molecule has 2 nitrogen and oxygen atoms in total. The number of thiazole rings is 1. The summed E-state index contributed by atoms with van der Waals surface area (Å²) in [4.78, 5) is 6.73. The monoisotopic (exact) mass is 296 g/mol. The van der Waals surface area contributed by atoms with Crippen LogP contribution in [0.5, 0.6) is 0 Å². The van der Waals surface area contributed by atoms with Gasteiger partial charge in [0.15, 0.2) is 0 Å². The highest BCUT2D eigenvalue weighted by atomic mass is 32.2. The fraction of sp³-hybridized carbons (Fsp3) is 0.357. The highest BCUT2D eigenvalue weighted by Gasteiger charge is 2.13. The first-order valence-electron chi connectivity index (χ1n) is 6.17. The highest BCUT2D eigenvalue weighted by Crippen LogP contribution is 2.29. The minimum Gasteiger partial charge on any atom is -0.326 e. The van der Waals surface area contributed by atoms with E-state index in [0.29, 0.717) is 12.5 Å². The van der Waals surface area contributed by atoms with Crippen molar-refractivity contribution in [2.24, 2.45) is 5.73 Å². The lowest BCUT2D eigenvalue weighted by atomic mass is 10.1. The third-order valence-corrected chi connectivity index (χ3v) is 4.94.